The Labute approximate surface area is 174 Å². The smallest absolute Gasteiger partial charge is 0.332 e. The van der Waals surface area contributed by atoms with E-state index in [9.17, 15) is 14.4 Å². The number of ether oxygens (including phenoxy) is 1. The van der Waals surface area contributed by atoms with Crippen molar-refractivity contribution in [3.8, 4) is 5.75 Å². The van der Waals surface area contributed by atoms with Gasteiger partial charge in [0.15, 0.2) is 0 Å². The summed E-state index contributed by atoms with van der Waals surface area (Å²) in [4.78, 5) is 44.8. The van der Waals surface area contributed by atoms with Gasteiger partial charge in [-0.05, 0) is 63.6 Å². The Kier molecular flexibility index (Phi) is 6.05. The first-order valence-electron chi connectivity index (χ1n) is 9.89. The molecule has 0 aliphatic carbocycles. The van der Waals surface area contributed by atoms with E-state index < -0.39 is 11.2 Å². The first-order chi connectivity index (χ1) is 14.3. The maximum atomic E-state index is 13.1. The molecule has 0 unspecified atom stereocenters. The molecule has 3 rings (SSSR count). The number of benzene rings is 1. The molecule has 0 fully saturated rings. The lowest BCUT2D eigenvalue weighted by Crippen LogP contribution is -2.44. The van der Waals surface area contributed by atoms with E-state index in [4.69, 9.17) is 4.74 Å². The van der Waals surface area contributed by atoms with Gasteiger partial charge >= 0.3 is 5.69 Å². The van der Waals surface area contributed by atoms with E-state index in [0.717, 1.165) is 15.8 Å². The third-order valence-corrected chi connectivity index (χ3v) is 4.99. The second-order valence-corrected chi connectivity index (χ2v) is 7.08. The summed E-state index contributed by atoms with van der Waals surface area (Å²) in [6.07, 6.45) is 0. The van der Waals surface area contributed by atoms with Crippen molar-refractivity contribution in [2.45, 2.75) is 34.2 Å². The van der Waals surface area contributed by atoms with Gasteiger partial charge in [-0.15, -0.1) is 0 Å². The minimum Gasteiger partial charge on any atom is -0.494 e. The molecular formula is C22H26N4O4. The van der Waals surface area contributed by atoms with Gasteiger partial charge in [0.2, 0.25) is 5.91 Å². The quantitative estimate of drug-likeness (QED) is 0.622. The highest BCUT2D eigenvalue weighted by Gasteiger charge is 2.20. The average molecular weight is 410 g/mol. The monoisotopic (exact) mass is 410 g/mol. The fourth-order valence-corrected chi connectivity index (χ4v) is 3.57. The van der Waals surface area contributed by atoms with Crippen LogP contribution in [0.15, 0.2) is 39.9 Å². The molecule has 8 heteroatoms. The van der Waals surface area contributed by atoms with Crippen LogP contribution in [0.5, 0.6) is 5.75 Å². The van der Waals surface area contributed by atoms with E-state index in [1.807, 2.05) is 20.8 Å². The fraction of sp³-hybridized carbons (Fsp3) is 0.364. The summed E-state index contributed by atoms with van der Waals surface area (Å²) in [5.74, 6) is 0.362. The summed E-state index contributed by atoms with van der Waals surface area (Å²) < 4.78 is 7.73. The van der Waals surface area contributed by atoms with Crippen molar-refractivity contribution < 1.29 is 9.53 Å². The van der Waals surface area contributed by atoms with E-state index >= 15 is 0 Å². The molecule has 2 aromatic heterocycles. The highest BCUT2D eigenvalue weighted by molar-refractivity contribution is 5.93. The van der Waals surface area contributed by atoms with Crippen LogP contribution in [0.2, 0.25) is 0 Å². The summed E-state index contributed by atoms with van der Waals surface area (Å²) >= 11 is 0. The number of aryl methyl sites for hydroxylation is 3. The number of anilines is 1. The first kappa shape index (κ1) is 21.3. The summed E-state index contributed by atoms with van der Waals surface area (Å²) in [5.41, 5.74) is 1.36. The third kappa shape index (κ3) is 3.85. The molecule has 8 nitrogen and oxygen atoms in total. The van der Waals surface area contributed by atoms with Crippen LogP contribution in [0.4, 0.5) is 5.69 Å². The highest BCUT2D eigenvalue weighted by Crippen LogP contribution is 2.20. The molecule has 0 saturated heterocycles. The molecule has 0 N–H and O–H groups in total. The SMILES string of the molecule is CCOc1ccc(N(CC)C(=O)Cn2c(=O)c3c(C)cc(C)nc3n(C)c2=O)cc1. The first-order valence-corrected chi connectivity index (χ1v) is 9.89. The maximum absolute atomic E-state index is 13.1. The van der Waals surface area contributed by atoms with Crippen molar-refractivity contribution in [1.29, 1.82) is 0 Å². The van der Waals surface area contributed by atoms with Gasteiger partial charge in [-0.1, -0.05) is 0 Å². The summed E-state index contributed by atoms with van der Waals surface area (Å²) in [6.45, 7) is 7.95. The number of hydrogen-bond donors (Lipinski definition) is 0. The van der Waals surface area contributed by atoms with Crippen LogP contribution in [0.25, 0.3) is 11.0 Å². The van der Waals surface area contributed by atoms with Crippen molar-refractivity contribution in [1.82, 2.24) is 14.1 Å². The van der Waals surface area contributed by atoms with Crippen LogP contribution in [0.1, 0.15) is 25.1 Å². The molecule has 1 aromatic carbocycles. The normalized spacial score (nSPS) is 11.0. The lowest BCUT2D eigenvalue weighted by Gasteiger charge is -2.22. The largest absolute Gasteiger partial charge is 0.494 e. The number of carbonyl (C=O) groups excluding carboxylic acids is 1. The number of pyridine rings is 1. The molecule has 0 saturated carbocycles. The highest BCUT2D eigenvalue weighted by atomic mass is 16.5. The number of hydrogen-bond acceptors (Lipinski definition) is 5. The topological polar surface area (TPSA) is 86.4 Å². The summed E-state index contributed by atoms with van der Waals surface area (Å²) in [7, 11) is 1.56. The van der Waals surface area contributed by atoms with Gasteiger partial charge < -0.3 is 9.64 Å². The van der Waals surface area contributed by atoms with E-state index in [2.05, 4.69) is 4.98 Å². The maximum Gasteiger partial charge on any atom is 0.332 e. The molecule has 1 amide bonds. The molecule has 0 atom stereocenters. The number of aromatic nitrogens is 3. The van der Waals surface area contributed by atoms with Crippen molar-refractivity contribution in [3.63, 3.8) is 0 Å². The predicted molar refractivity (Wildman–Crippen MR) is 116 cm³/mol. The number of carbonyl (C=O) groups is 1. The lowest BCUT2D eigenvalue weighted by atomic mass is 10.2. The van der Waals surface area contributed by atoms with Crippen molar-refractivity contribution >= 4 is 22.6 Å². The second kappa shape index (κ2) is 8.52. The Morgan fingerprint density at radius 2 is 1.80 bits per heavy atom. The van der Waals surface area contributed by atoms with Crippen LogP contribution in [-0.4, -0.2) is 33.2 Å². The van der Waals surface area contributed by atoms with E-state index in [1.165, 1.54) is 9.47 Å². The van der Waals surface area contributed by atoms with Crippen LogP contribution in [0.3, 0.4) is 0 Å². The zero-order chi connectivity index (χ0) is 22.0. The number of amides is 1. The molecular weight excluding hydrogens is 384 g/mol. The van der Waals surface area contributed by atoms with E-state index in [0.29, 0.717) is 35.6 Å². The molecule has 0 spiro atoms. The Hall–Kier alpha value is -3.42. The van der Waals surface area contributed by atoms with Crippen molar-refractivity contribution in [2.75, 3.05) is 18.1 Å². The number of rotatable bonds is 6. The minimum absolute atomic E-state index is 0.324. The molecule has 0 radical (unpaired) electrons. The Morgan fingerprint density at radius 3 is 2.40 bits per heavy atom. The van der Waals surface area contributed by atoms with E-state index in [-0.39, 0.29) is 12.5 Å². The molecule has 2 heterocycles. The van der Waals surface area contributed by atoms with Gasteiger partial charge in [-0.25, -0.2) is 9.78 Å². The van der Waals surface area contributed by atoms with Crippen LogP contribution in [-0.2, 0) is 18.4 Å². The average Bonchev–Trinajstić information content (AvgIpc) is 2.71. The van der Waals surface area contributed by atoms with Gasteiger partial charge in [-0.2, -0.15) is 0 Å². The predicted octanol–water partition coefficient (Wildman–Crippen LogP) is 2.16. The summed E-state index contributed by atoms with van der Waals surface area (Å²) in [5, 5.41) is 0.347. The summed E-state index contributed by atoms with van der Waals surface area (Å²) in [6, 6.07) is 8.92. The number of nitrogens with zero attached hydrogens (tertiary/aromatic N) is 4. The van der Waals surface area contributed by atoms with Crippen molar-refractivity contribution in [3.05, 3.63) is 62.4 Å². The Bertz CT molecular complexity index is 1210. The van der Waals surface area contributed by atoms with Crippen LogP contribution < -0.4 is 20.9 Å². The van der Waals surface area contributed by atoms with Crippen molar-refractivity contribution in [2.24, 2.45) is 7.05 Å². The minimum atomic E-state index is -0.568. The third-order valence-electron chi connectivity index (χ3n) is 4.99. The fourth-order valence-electron chi connectivity index (χ4n) is 3.57. The molecule has 0 aliphatic rings. The number of fused-ring (bicyclic) bond motifs is 1. The standard InChI is InChI=1S/C22H26N4O4/c1-6-25(16-8-10-17(11-9-16)30-7-2)18(27)13-26-21(28)19-14(3)12-15(4)23-20(19)24(5)22(26)29/h8-12H,6-7,13H2,1-5H3. The van der Waals surface area contributed by atoms with Gasteiger partial charge in [-0.3, -0.25) is 18.7 Å². The zero-order valence-corrected chi connectivity index (χ0v) is 17.9. The van der Waals surface area contributed by atoms with Crippen LogP contribution in [0, 0.1) is 13.8 Å². The van der Waals surface area contributed by atoms with Gasteiger partial charge in [0.1, 0.15) is 17.9 Å². The Balaban J connectivity index is 2.01. The molecule has 30 heavy (non-hydrogen) atoms. The lowest BCUT2D eigenvalue weighted by molar-refractivity contribution is -0.119. The Morgan fingerprint density at radius 1 is 1.13 bits per heavy atom. The van der Waals surface area contributed by atoms with Gasteiger partial charge in [0, 0.05) is 25.0 Å². The zero-order valence-electron chi connectivity index (χ0n) is 17.9. The van der Waals surface area contributed by atoms with Gasteiger partial charge in [0.25, 0.3) is 5.56 Å². The molecule has 3 aromatic rings. The number of likely N-dealkylation sites (N-methyl/N-ethyl adjacent to an activating group) is 1. The van der Waals surface area contributed by atoms with E-state index in [1.54, 1.807) is 44.3 Å². The van der Waals surface area contributed by atoms with Crippen LogP contribution >= 0.6 is 0 Å². The van der Waals surface area contributed by atoms with Gasteiger partial charge in [0.05, 0.1) is 12.0 Å². The second-order valence-electron chi connectivity index (χ2n) is 7.08. The molecule has 0 bridgehead atoms. The molecule has 158 valence electrons. The molecule has 0 aliphatic heterocycles.